The Morgan fingerprint density at radius 3 is 2.76 bits per heavy atom. The minimum atomic E-state index is -0.0780. The van der Waals surface area contributed by atoms with E-state index in [0.29, 0.717) is 18.9 Å². The number of para-hydroxylation sites is 1. The van der Waals surface area contributed by atoms with Crippen LogP contribution in [0.2, 0.25) is 0 Å². The molecule has 6 nitrogen and oxygen atoms in total. The van der Waals surface area contributed by atoms with Gasteiger partial charge in [-0.05, 0) is 36.8 Å². The van der Waals surface area contributed by atoms with Gasteiger partial charge in [0.25, 0.3) is 0 Å². The normalized spacial score (nSPS) is 20.2. The van der Waals surface area contributed by atoms with Crippen LogP contribution in [0.15, 0.2) is 59.1 Å². The smallest absolute Gasteiger partial charge is 0.129 e. The summed E-state index contributed by atoms with van der Waals surface area (Å²) in [6, 6.07) is 15.9. The number of nitrogens with zero attached hydrogens (tertiary/aromatic N) is 2. The van der Waals surface area contributed by atoms with Gasteiger partial charge in [-0.15, -0.1) is 0 Å². The van der Waals surface area contributed by atoms with Crippen molar-refractivity contribution in [2.45, 2.75) is 31.7 Å². The first-order valence-corrected chi connectivity index (χ1v) is 8.48. The van der Waals surface area contributed by atoms with Gasteiger partial charge in [0.05, 0.1) is 17.9 Å². The predicted octanol–water partition coefficient (Wildman–Crippen LogP) is 2.58. The third-order valence-electron chi connectivity index (χ3n) is 4.47. The van der Waals surface area contributed by atoms with Crippen LogP contribution in [0, 0.1) is 0 Å². The van der Waals surface area contributed by atoms with Crippen molar-refractivity contribution in [1.82, 2.24) is 15.1 Å². The zero-order chi connectivity index (χ0) is 17.1. The number of nitrogens with one attached hydrogen (secondary N) is 1. The Labute approximate surface area is 146 Å². The quantitative estimate of drug-likeness (QED) is 0.722. The highest BCUT2D eigenvalue weighted by Crippen LogP contribution is 2.30. The Balaban J connectivity index is 1.49. The minimum Gasteiger partial charge on any atom is -0.462 e. The van der Waals surface area contributed by atoms with E-state index in [2.05, 4.69) is 10.4 Å². The van der Waals surface area contributed by atoms with Crippen LogP contribution in [0.4, 0.5) is 0 Å². The van der Waals surface area contributed by atoms with Crippen molar-refractivity contribution in [2.75, 3.05) is 6.61 Å². The number of aromatic nitrogens is 2. The van der Waals surface area contributed by atoms with Gasteiger partial charge in [-0.1, -0.05) is 18.2 Å². The fraction of sp³-hybridized carbons (Fsp3) is 0.316. The van der Waals surface area contributed by atoms with Crippen molar-refractivity contribution >= 4 is 0 Å². The molecule has 2 aromatic heterocycles. The van der Waals surface area contributed by atoms with Gasteiger partial charge < -0.3 is 19.6 Å². The van der Waals surface area contributed by atoms with Crippen molar-refractivity contribution in [2.24, 2.45) is 0 Å². The van der Waals surface area contributed by atoms with Crippen LogP contribution < -0.4 is 5.32 Å². The fourth-order valence-electron chi connectivity index (χ4n) is 3.24. The van der Waals surface area contributed by atoms with E-state index in [-0.39, 0.29) is 18.8 Å². The Morgan fingerprint density at radius 2 is 1.96 bits per heavy atom. The summed E-state index contributed by atoms with van der Waals surface area (Å²) < 4.78 is 13.5. The van der Waals surface area contributed by atoms with E-state index in [4.69, 9.17) is 14.3 Å². The van der Waals surface area contributed by atoms with Crippen molar-refractivity contribution in [3.05, 3.63) is 71.9 Å². The molecule has 2 atom stereocenters. The molecule has 3 heterocycles. The van der Waals surface area contributed by atoms with Gasteiger partial charge in [0.1, 0.15) is 24.2 Å². The molecule has 3 aromatic rings. The molecule has 2 N–H and O–H groups in total. The molecule has 4 rings (SSSR count). The molecule has 1 aromatic carbocycles. The lowest BCUT2D eigenvalue weighted by molar-refractivity contribution is 0.0927. The SMILES string of the molecule is OCc1ccc(CN[C@H]2CCO[C@@H]2c2ccnn2-c2ccccc2)o1. The molecule has 1 aliphatic rings. The van der Waals surface area contributed by atoms with Gasteiger partial charge in [0.2, 0.25) is 0 Å². The Hall–Kier alpha value is -2.41. The van der Waals surface area contributed by atoms with Gasteiger partial charge in [0.15, 0.2) is 0 Å². The lowest BCUT2D eigenvalue weighted by atomic mass is 10.1. The number of benzene rings is 1. The number of aliphatic hydroxyl groups excluding tert-OH is 1. The lowest BCUT2D eigenvalue weighted by Crippen LogP contribution is -2.32. The van der Waals surface area contributed by atoms with Crippen molar-refractivity contribution < 1.29 is 14.3 Å². The molecule has 6 heteroatoms. The molecule has 0 aliphatic carbocycles. The van der Waals surface area contributed by atoms with Crippen LogP contribution in [-0.2, 0) is 17.9 Å². The maximum Gasteiger partial charge on any atom is 0.129 e. The van der Waals surface area contributed by atoms with Crippen molar-refractivity contribution in [3.8, 4) is 5.69 Å². The largest absolute Gasteiger partial charge is 0.462 e. The number of rotatable bonds is 6. The van der Waals surface area contributed by atoms with E-state index in [9.17, 15) is 0 Å². The van der Waals surface area contributed by atoms with Crippen LogP contribution in [0.1, 0.15) is 29.7 Å². The van der Waals surface area contributed by atoms with E-state index in [1.165, 1.54) is 0 Å². The molecule has 130 valence electrons. The molecule has 1 fully saturated rings. The summed E-state index contributed by atoms with van der Waals surface area (Å²) in [4.78, 5) is 0. The molecule has 25 heavy (non-hydrogen) atoms. The standard InChI is InChI=1S/C19H21N3O3/c23-13-16-7-6-15(25-16)12-20-17-9-11-24-19(17)18-8-10-21-22(18)14-4-2-1-3-5-14/h1-8,10,17,19-20,23H,9,11-13H2/t17-,19-/m0/s1. The monoisotopic (exact) mass is 339 g/mol. The number of ether oxygens (including phenoxy) is 1. The summed E-state index contributed by atoms with van der Waals surface area (Å²) >= 11 is 0. The number of hydrogen-bond acceptors (Lipinski definition) is 5. The molecule has 1 aliphatic heterocycles. The van der Waals surface area contributed by atoms with E-state index >= 15 is 0 Å². The van der Waals surface area contributed by atoms with Crippen LogP contribution in [-0.4, -0.2) is 27.5 Å². The van der Waals surface area contributed by atoms with Crippen LogP contribution in [0.25, 0.3) is 5.69 Å². The first-order chi connectivity index (χ1) is 12.3. The molecular formula is C19H21N3O3. The second-order valence-corrected chi connectivity index (χ2v) is 6.10. The maximum absolute atomic E-state index is 9.09. The lowest BCUT2D eigenvalue weighted by Gasteiger charge is -2.20. The fourth-order valence-corrected chi connectivity index (χ4v) is 3.24. The second-order valence-electron chi connectivity index (χ2n) is 6.10. The van der Waals surface area contributed by atoms with E-state index in [1.807, 2.05) is 47.1 Å². The molecule has 0 unspecified atom stereocenters. The Kier molecular flexibility index (Phi) is 4.65. The van der Waals surface area contributed by atoms with E-state index < -0.39 is 0 Å². The molecule has 1 saturated heterocycles. The van der Waals surface area contributed by atoms with Crippen molar-refractivity contribution in [3.63, 3.8) is 0 Å². The Bertz CT molecular complexity index is 812. The predicted molar refractivity (Wildman–Crippen MR) is 92.1 cm³/mol. The first kappa shape index (κ1) is 16.1. The van der Waals surface area contributed by atoms with Gasteiger partial charge in [-0.25, -0.2) is 4.68 Å². The van der Waals surface area contributed by atoms with E-state index in [0.717, 1.165) is 23.6 Å². The van der Waals surface area contributed by atoms with Crippen molar-refractivity contribution in [1.29, 1.82) is 0 Å². The summed E-state index contributed by atoms with van der Waals surface area (Å²) in [6.45, 7) is 1.23. The molecular weight excluding hydrogens is 318 g/mol. The highest BCUT2D eigenvalue weighted by molar-refractivity contribution is 5.33. The molecule has 0 radical (unpaired) electrons. The zero-order valence-corrected chi connectivity index (χ0v) is 13.8. The van der Waals surface area contributed by atoms with Crippen LogP contribution in [0.3, 0.4) is 0 Å². The third-order valence-corrected chi connectivity index (χ3v) is 4.47. The van der Waals surface area contributed by atoms with Crippen LogP contribution in [0.5, 0.6) is 0 Å². The highest BCUT2D eigenvalue weighted by atomic mass is 16.5. The topological polar surface area (TPSA) is 72.4 Å². The summed E-state index contributed by atoms with van der Waals surface area (Å²) in [5.74, 6) is 1.39. The molecule has 0 saturated carbocycles. The summed E-state index contributed by atoms with van der Waals surface area (Å²) in [6.07, 6.45) is 2.68. The minimum absolute atomic E-state index is 0.0602. The average Bonchev–Trinajstić information content (AvgIpc) is 3.39. The van der Waals surface area contributed by atoms with E-state index in [1.54, 1.807) is 12.3 Å². The summed E-state index contributed by atoms with van der Waals surface area (Å²) in [5, 5.41) is 17.1. The average molecular weight is 339 g/mol. The number of furan rings is 1. The highest BCUT2D eigenvalue weighted by Gasteiger charge is 2.32. The number of aliphatic hydroxyl groups is 1. The van der Waals surface area contributed by atoms with Gasteiger partial charge >= 0.3 is 0 Å². The molecule has 0 spiro atoms. The van der Waals surface area contributed by atoms with Gasteiger partial charge in [0, 0.05) is 18.8 Å². The summed E-state index contributed by atoms with van der Waals surface area (Å²) in [7, 11) is 0. The maximum atomic E-state index is 9.09. The number of hydrogen-bond donors (Lipinski definition) is 2. The molecule has 0 amide bonds. The van der Waals surface area contributed by atoms with Gasteiger partial charge in [-0.3, -0.25) is 0 Å². The third kappa shape index (κ3) is 3.37. The second kappa shape index (κ2) is 7.23. The first-order valence-electron chi connectivity index (χ1n) is 8.48. The molecule has 0 bridgehead atoms. The summed E-state index contributed by atoms with van der Waals surface area (Å²) in [5.41, 5.74) is 2.06. The van der Waals surface area contributed by atoms with Gasteiger partial charge in [-0.2, -0.15) is 5.10 Å². The Morgan fingerprint density at radius 1 is 1.12 bits per heavy atom. The van der Waals surface area contributed by atoms with Crippen LogP contribution >= 0.6 is 0 Å². The zero-order valence-electron chi connectivity index (χ0n) is 13.8.